The molecule has 0 N–H and O–H groups in total. The highest BCUT2D eigenvalue weighted by Crippen LogP contribution is 2.17. The lowest BCUT2D eigenvalue weighted by atomic mass is 10.1. The second-order valence-electron chi connectivity index (χ2n) is 5.92. The van der Waals surface area contributed by atoms with E-state index in [1.54, 1.807) is 6.92 Å². The van der Waals surface area contributed by atoms with Crippen molar-refractivity contribution in [2.24, 2.45) is 0 Å². The Hall–Kier alpha value is -2.66. The molecule has 26 heavy (non-hydrogen) atoms. The molecule has 0 aromatic heterocycles. The summed E-state index contributed by atoms with van der Waals surface area (Å²) < 4.78 is 10.0. The average molecular weight is 355 g/mol. The molecule has 2 aromatic carbocycles. The van der Waals surface area contributed by atoms with Gasteiger partial charge in [0.15, 0.2) is 0 Å². The maximum Gasteiger partial charge on any atom is 0.323 e. The van der Waals surface area contributed by atoms with Crippen LogP contribution in [0.1, 0.15) is 24.5 Å². The molecule has 0 heterocycles. The van der Waals surface area contributed by atoms with Gasteiger partial charge in [-0.2, -0.15) is 0 Å². The quantitative estimate of drug-likeness (QED) is 0.647. The fourth-order valence-electron chi connectivity index (χ4n) is 2.75. The van der Waals surface area contributed by atoms with Crippen molar-refractivity contribution in [3.8, 4) is 0 Å². The molecule has 0 amide bonds. The van der Waals surface area contributed by atoms with Crippen LogP contribution in [0.25, 0.3) is 0 Å². The van der Waals surface area contributed by atoms with Crippen molar-refractivity contribution < 1.29 is 19.1 Å². The zero-order chi connectivity index (χ0) is 18.8. The molecule has 0 aliphatic rings. The molecule has 0 spiro atoms. The smallest absolute Gasteiger partial charge is 0.323 e. The Labute approximate surface area is 154 Å². The van der Waals surface area contributed by atoms with E-state index in [2.05, 4.69) is 0 Å². The maximum atomic E-state index is 12.5. The molecule has 0 radical (unpaired) electrons. The van der Waals surface area contributed by atoms with Crippen LogP contribution in [0.15, 0.2) is 60.7 Å². The zero-order valence-electron chi connectivity index (χ0n) is 15.3. The SMILES string of the molecule is CCOC(=O)[C@H](CC(=O)OC)N(Cc1ccccc1)Cc1ccccc1. The number of esters is 2. The summed E-state index contributed by atoms with van der Waals surface area (Å²) in [4.78, 5) is 26.4. The molecule has 5 nitrogen and oxygen atoms in total. The monoisotopic (exact) mass is 355 g/mol. The number of nitrogens with zero attached hydrogens (tertiary/aromatic N) is 1. The second-order valence-corrected chi connectivity index (χ2v) is 5.92. The van der Waals surface area contributed by atoms with Gasteiger partial charge in [0.1, 0.15) is 6.04 Å². The maximum absolute atomic E-state index is 12.5. The van der Waals surface area contributed by atoms with Crippen LogP contribution in [0.3, 0.4) is 0 Å². The van der Waals surface area contributed by atoms with Crippen LogP contribution in [-0.4, -0.2) is 36.6 Å². The minimum absolute atomic E-state index is 0.0466. The van der Waals surface area contributed by atoms with Crippen LogP contribution in [-0.2, 0) is 32.2 Å². The number of methoxy groups -OCH3 is 1. The minimum Gasteiger partial charge on any atom is -0.469 e. The molecule has 0 fully saturated rings. The summed E-state index contributed by atoms with van der Waals surface area (Å²) >= 11 is 0. The first-order valence-corrected chi connectivity index (χ1v) is 8.69. The van der Waals surface area contributed by atoms with Crippen LogP contribution >= 0.6 is 0 Å². The molecular formula is C21H25NO4. The standard InChI is InChI=1S/C21H25NO4/c1-3-26-21(24)19(14-20(23)25-2)22(15-17-10-6-4-7-11-17)16-18-12-8-5-9-13-18/h4-13,19H,3,14-16H2,1-2H3/t19-/m0/s1. The molecule has 2 rings (SSSR count). The van der Waals surface area contributed by atoms with E-state index >= 15 is 0 Å². The molecule has 0 bridgehead atoms. The summed E-state index contributed by atoms with van der Waals surface area (Å²) in [6.45, 7) is 3.07. The van der Waals surface area contributed by atoms with Crippen molar-refractivity contribution in [2.75, 3.05) is 13.7 Å². The van der Waals surface area contributed by atoms with E-state index in [0.29, 0.717) is 13.1 Å². The summed E-state index contributed by atoms with van der Waals surface area (Å²) in [6.07, 6.45) is -0.0466. The van der Waals surface area contributed by atoms with Gasteiger partial charge < -0.3 is 9.47 Å². The van der Waals surface area contributed by atoms with Crippen molar-refractivity contribution in [1.29, 1.82) is 0 Å². The lowest BCUT2D eigenvalue weighted by molar-refractivity contribution is -0.156. The van der Waals surface area contributed by atoms with E-state index in [4.69, 9.17) is 9.47 Å². The third kappa shape index (κ3) is 6.01. The van der Waals surface area contributed by atoms with Gasteiger partial charge in [-0.15, -0.1) is 0 Å². The molecule has 5 heteroatoms. The molecule has 0 aliphatic carbocycles. The molecule has 0 saturated heterocycles. The highest BCUT2D eigenvalue weighted by atomic mass is 16.5. The third-order valence-electron chi connectivity index (χ3n) is 4.04. The number of carbonyl (C=O) groups excluding carboxylic acids is 2. The fourth-order valence-corrected chi connectivity index (χ4v) is 2.75. The van der Waals surface area contributed by atoms with Gasteiger partial charge in [-0.1, -0.05) is 60.7 Å². The number of ether oxygens (including phenoxy) is 2. The fraction of sp³-hybridized carbons (Fsp3) is 0.333. The molecule has 138 valence electrons. The first kappa shape index (κ1) is 19.7. The largest absolute Gasteiger partial charge is 0.469 e. The second kappa shape index (κ2) is 10.4. The van der Waals surface area contributed by atoms with Gasteiger partial charge in [0.2, 0.25) is 0 Å². The molecule has 0 unspecified atom stereocenters. The van der Waals surface area contributed by atoms with Crippen LogP contribution < -0.4 is 0 Å². The Kier molecular flexibility index (Phi) is 7.83. The number of hydrogen-bond acceptors (Lipinski definition) is 5. The molecular weight excluding hydrogens is 330 g/mol. The van der Waals surface area contributed by atoms with Crippen molar-refractivity contribution in [3.63, 3.8) is 0 Å². The minimum atomic E-state index is -0.706. The van der Waals surface area contributed by atoms with Crippen molar-refractivity contribution in [1.82, 2.24) is 4.90 Å². The number of carbonyl (C=O) groups is 2. The summed E-state index contributed by atoms with van der Waals surface area (Å²) in [5.74, 6) is -0.848. The van der Waals surface area contributed by atoms with Gasteiger partial charge in [0.25, 0.3) is 0 Å². The van der Waals surface area contributed by atoms with Gasteiger partial charge in [-0.3, -0.25) is 14.5 Å². The van der Waals surface area contributed by atoms with Crippen LogP contribution in [0.4, 0.5) is 0 Å². The summed E-state index contributed by atoms with van der Waals surface area (Å²) in [6, 6.07) is 19.0. The summed E-state index contributed by atoms with van der Waals surface area (Å²) in [7, 11) is 1.32. The first-order valence-electron chi connectivity index (χ1n) is 8.69. The van der Waals surface area contributed by atoms with Gasteiger partial charge in [-0.05, 0) is 18.1 Å². The van der Waals surface area contributed by atoms with Crippen LogP contribution in [0.2, 0.25) is 0 Å². The van der Waals surface area contributed by atoms with E-state index in [1.165, 1.54) is 7.11 Å². The predicted molar refractivity (Wildman–Crippen MR) is 99.2 cm³/mol. The molecule has 2 aromatic rings. The van der Waals surface area contributed by atoms with Crippen LogP contribution in [0.5, 0.6) is 0 Å². The number of benzene rings is 2. The van der Waals surface area contributed by atoms with Gasteiger partial charge in [-0.25, -0.2) is 0 Å². The van der Waals surface area contributed by atoms with E-state index in [9.17, 15) is 9.59 Å². The third-order valence-corrected chi connectivity index (χ3v) is 4.04. The van der Waals surface area contributed by atoms with Crippen LogP contribution in [0, 0.1) is 0 Å². The highest BCUT2D eigenvalue weighted by Gasteiger charge is 2.30. The number of rotatable bonds is 9. The van der Waals surface area contributed by atoms with E-state index in [1.807, 2.05) is 65.6 Å². The predicted octanol–water partition coefficient (Wildman–Crippen LogP) is 3.18. The Morgan fingerprint density at radius 3 is 1.85 bits per heavy atom. The highest BCUT2D eigenvalue weighted by molar-refractivity contribution is 5.82. The Morgan fingerprint density at radius 2 is 1.42 bits per heavy atom. The van der Waals surface area contributed by atoms with E-state index in [0.717, 1.165) is 11.1 Å². The van der Waals surface area contributed by atoms with Gasteiger partial charge in [0.05, 0.1) is 20.1 Å². The van der Waals surface area contributed by atoms with Crippen molar-refractivity contribution >= 4 is 11.9 Å². The topological polar surface area (TPSA) is 55.8 Å². The lowest BCUT2D eigenvalue weighted by Gasteiger charge is -2.29. The summed E-state index contributed by atoms with van der Waals surface area (Å²) in [5, 5.41) is 0. The zero-order valence-corrected chi connectivity index (χ0v) is 15.3. The normalized spacial score (nSPS) is 11.8. The number of hydrogen-bond donors (Lipinski definition) is 0. The van der Waals surface area contributed by atoms with Crippen molar-refractivity contribution in [2.45, 2.75) is 32.5 Å². The average Bonchev–Trinajstić information content (AvgIpc) is 2.67. The van der Waals surface area contributed by atoms with E-state index in [-0.39, 0.29) is 13.0 Å². The van der Waals surface area contributed by atoms with Gasteiger partial charge in [0, 0.05) is 13.1 Å². The Balaban J connectivity index is 2.29. The lowest BCUT2D eigenvalue weighted by Crippen LogP contribution is -2.43. The van der Waals surface area contributed by atoms with Crippen molar-refractivity contribution in [3.05, 3.63) is 71.8 Å². The molecule has 0 aliphatic heterocycles. The molecule has 1 atom stereocenters. The molecule has 0 saturated carbocycles. The summed E-state index contributed by atoms with van der Waals surface area (Å²) in [5.41, 5.74) is 2.12. The van der Waals surface area contributed by atoms with E-state index < -0.39 is 18.0 Å². The Morgan fingerprint density at radius 1 is 0.923 bits per heavy atom. The first-order chi connectivity index (χ1) is 12.6. The van der Waals surface area contributed by atoms with Gasteiger partial charge >= 0.3 is 11.9 Å². The Bertz CT molecular complexity index is 646.